The van der Waals surface area contributed by atoms with Crippen LogP contribution in [0.15, 0.2) is 5.16 Å². The number of carbonyl (C=O) groups is 2. The maximum absolute atomic E-state index is 11.9. The molecule has 0 bridgehead atoms. The molecule has 1 saturated heterocycles. The lowest BCUT2D eigenvalue weighted by Gasteiger charge is -2.13. The first-order chi connectivity index (χ1) is 9.00. The molecule has 1 aliphatic rings. The average Bonchev–Trinajstić information content (AvgIpc) is 2.92. The summed E-state index contributed by atoms with van der Waals surface area (Å²) in [6.07, 6.45) is 0. The maximum atomic E-state index is 11.9. The Balaban J connectivity index is 1.99. The number of amides is 3. The number of thioether (sulfide) groups is 1. The molecule has 0 radical (unpaired) electrons. The second-order valence-corrected chi connectivity index (χ2v) is 5.31. The van der Waals surface area contributed by atoms with Gasteiger partial charge in [-0.25, -0.2) is 4.79 Å². The fourth-order valence-corrected chi connectivity index (χ4v) is 2.74. The molecular formula is C10H16N6O2S. The van der Waals surface area contributed by atoms with Gasteiger partial charge in [-0.2, -0.15) is 0 Å². The molecule has 3 N–H and O–H groups in total. The van der Waals surface area contributed by atoms with Crippen molar-refractivity contribution in [2.45, 2.75) is 25.0 Å². The van der Waals surface area contributed by atoms with Gasteiger partial charge >= 0.3 is 6.03 Å². The molecule has 8 nitrogen and oxygen atoms in total. The van der Waals surface area contributed by atoms with E-state index in [1.807, 2.05) is 13.8 Å². The fraction of sp³-hybridized carbons (Fsp3) is 0.600. The highest BCUT2D eigenvalue weighted by Crippen LogP contribution is 2.22. The predicted molar refractivity (Wildman–Crippen MR) is 70.7 cm³/mol. The Morgan fingerprint density at radius 2 is 2.26 bits per heavy atom. The minimum Gasteiger partial charge on any atom is -0.368 e. The van der Waals surface area contributed by atoms with Crippen LogP contribution in [0.4, 0.5) is 10.7 Å². The zero-order valence-electron chi connectivity index (χ0n) is 10.8. The molecule has 19 heavy (non-hydrogen) atoms. The molecule has 0 spiro atoms. The number of anilines is 1. The lowest BCUT2D eigenvalue weighted by molar-refractivity contribution is -0.124. The summed E-state index contributed by atoms with van der Waals surface area (Å²) < 4.78 is 1.75. The van der Waals surface area contributed by atoms with Crippen molar-refractivity contribution < 1.29 is 9.59 Å². The zero-order valence-corrected chi connectivity index (χ0v) is 11.6. The van der Waals surface area contributed by atoms with Gasteiger partial charge in [0.05, 0.1) is 5.75 Å². The zero-order chi connectivity index (χ0) is 14.0. The summed E-state index contributed by atoms with van der Waals surface area (Å²) >= 11 is 1.23. The van der Waals surface area contributed by atoms with E-state index in [-0.39, 0.29) is 23.7 Å². The largest absolute Gasteiger partial charge is 0.368 e. The van der Waals surface area contributed by atoms with Gasteiger partial charge in [0.15, 0.2) is 5.16 Å². The van der Waals surface area contributed by atoms with Crippen LogP contribution in [0.5, 0.6) is 0 Å². The molecule has 9 heteroatoms. The summed E-state index contributed by atoms with van der Waals surface area (Å²) in [5.41, 5.74) is 5.71. The van der Waals surface area contributed by atoms with E-state index in [1.54, 1.807) is 4.57 Å². The molecule has 3 amide bonds. The van der Waals surface area contributed by atoms with E-state index in [0.29, 0.717) is 24.2 Å². The summed E-state index contributed by atoms with van der Waals surface area (Å²) in [4.78, 5) is 24.4. The van der Waals surface area contributed by atoms with Gasteiger partial charge in [0.1, 0.15) is 0 Å². The molecule has 0 saturated carbocycles. The molecule has 1 aromatic rings. The van der Waals surface area contributed by atoms with Gasteiger partial charge in [-0.15, -0.1) is 10.2 Å². The van der Waals surface area contributed by atoms with Gasteiger partial charge < -0.3 is 11.1 Å². The number of hydrogen-bond donors (Lipinski definition) is 2. The highest BCUT2D eigenvalue weighted by atomic mass is 32.2. The number of hydrogen-bond acceptors (Lipinski definition) is 6. The number of nitrogens with one attached hydrogen (secondary N) is 1. The third-order valence-corrected chi connectivity index (χ3v) is 3.62. The highest BCUT2D eigenvalue weighted by molar-refractivity contribution is 7.99. The van der Waals surface area contributed by atoms with E-state index in [2.05, 4.69) is 15.5 Å². The average molecular weight is 284 g/mol. The number of nitrogens with zero attached hydrogens (tertiary/aromatic N) is 4. The van der Waals surface area contributed by atoms with E-state index in [9.17, 15) is 9.59 Å². The number of urea groups is 1. The van der Waals surface area contributed by atoms with Crippen molar-refractivity contribution in [3.63, 3.8) is 0 Å². The molecule has 2 heterocycles. The van der Waals surface area contributed by atoms with E-state index < -0.39 is 0 Å². The Hall–Kier alpha value is -1.77. The van der Waals surface area contributed by atoms with E-state index in [0.717, 1.165) is 0 Å². The summed E-state index contributed by atoms with van der Waals surface area (Å²) in [6.45, 7) is 4.83. The SMILES string of the molecule is CC(C)n1c(N)nnc1SCC(=O)N1CCNC1=O. The third-order valence-electron chi connectivity index (χ3n) is 2.69. The molecule has 0 atom stereocenters. The molecule has 104 valence electrons. The molecule has 0 unspecified atom stereocenters. The van der Waals surface area contributed by atoms with Crippen molar-refractivity contribution >= 4 is 29.6 Å². The number of aromatic nitrogens is 3. The van der Waals surface area contributed by atoms with Crippen LogP contribution in [0, 0.1) is 0 Å². The molecular weight excluding hydrogens is 268 g/mol. The van der Waals surface area contributed by atoms with E-state index >= 15 is 0 Å². The molecule has 0 aromatic carbocycles. The molecule has 0 aliphatic carbocycles. The first-order valence-electron chi connectivity index (χ1n) is 5.92. The lowest BCUT2D eigenvalue weighted by atomic mass is 10.4. The van der Waals surface area contributed by atoms with Gasteiger partial charge in [-0.05, 0) is 13.8 Å². The molecule has 1 fully saturated rings. The second-order valence-electron chi connectivity index (χ2n) is 4.37. The monoisotopic (exact) mass is 284 g/mol. The van der Waals surface area contributed by atoms with Crippen LogP contribution >= 0.6 is 11.8 Å². The highest BCUT2D eigenvalue weighted by Gasteiger charge is 2.26. The van der Waals surface area contributed by atoms with Crippen molar-refractivity contribution in [1.82, 2.24) is 25.0 Å². The minimum absolute atomic E-state index is 0.114. The second kappa shape index (κ2) is 5.47. The van der Waals surface area contributed by atoms with E-state index in [4.69, 9.17) is 5.73 Å². The normalized spacial score (nSPS) is 15.1. The van der Waals surface area contributed by atoms with Gasteiger partial charge in [0, 0.05) is 19.1 Å². The van der Waals surface area contributed by atoms with Gasteiger partial charge in [-0.3, -0.25) is 14.3 Å². The number of nitrogen functional groups attached to an aromatic ring is 1. The number of rotatable bonds is 4. The number of nitrogens with two attached hydrogens (primary N) is 1. The van der Waals surface area contributed by atoms with Gasteiger partial charge in [0.2, 0.25) is 11.9 Å². The first kappa shape index (κ1) is 13.7. The van der Waals surface area contributed by atoms with Gasteiger partial charge in [0.25, 0.3) is 0 Å². The van der Waals surface area contributed by atoms with Crippen LogP contribution in [0.3, 0.4) is 0 Å². The topological polar surface area (TPSA) is 106 Å². The maximum Gasteiger partial charge on any atom is 0.324 e. The van der Waals surface area contributed by atoms with Crippen molar-refractivity contribution in [1.29, 1.82) is 0 Å². The smallest absolute Gasteiger partial charge is 0.324 e. The fourth-order valence-electron chi connectivity index (χ4n) is 1.79. The van der Waals surface area contributed by atoms with Crippen LogP contribution in [0.25, 0.3) is 0 Å². The molecule has 1 aromatic heterocycles. The van der Waals surface area contributed by atoms with Crippen molar-refractivity contribution in [3.8, 4) is 0 Å². The summed E-state index contributed by atoms with van der Waals surface area (Å²) in [7, 11) is 0. The Morgan fingerprint density at radius 1 is 1.53 bits per heavy atom. The Morgan fingerprint density at radius 3 is 2.84 bits per heavy atom. The van der Waals surface area contributed by atoms with Crippen LogP contribution in [0.1, 0.15) is 19.9 Å². The molecule has 2 rings (SSSR count). The van der Waals surface area contributed by atoms with Crippen molar-refractivity contribution in [2.24, 2.45) is 0 Å². The summed E-state index contributed by atoms with van der Waals surface area (Å²) in [6, 6.07) is -0.224. The van der Waals surface area contributed by atoms with Crippen LogP contribution in [-0.4, -0.2) is 50.4 Å². The van der Waals surface area contributed by atoms with E-state index in [1.165, 1.54) is 16.7 Å². The summed E-state index contributed by atoms with van der Waals surface area (Å²) in [5, 5.41) is 10.9. The summed E-state index contributed by atoms with van der Waals surface area (Å²) in [5.74, 6) is 0.221. The Bertz CT molecular complexity index is 500. The van der Waals surface area contributed by atoms with Crippen LogP contribution in [0.2, 0.25) is 0 Å². The van der Waals surface area contributed by atoms with Crippen molar-refractivity contribution in [2.75, 3.05) is 24.6 Å². The lowest BCUT2D eigenvalue weighted by Crippen LogP contribution is -2.35. The Labute approximate surface area is 114 Å². The van der Waals surface area contributed by atoms with Gasteiger partial charge in [-0.1, -0.05) is 11.8 Å². The van der Waals surface area contributed by atoms with Crippen molar-refractivity contribution in [3.05, 3.63) is 0 Å². The Kier molecular flexibility index (Phi) is 3.93. The predicted octanol–water partition coefficient (Wildman–Crippen LogP) is 0.0851. The number of carbonyl (C=O) groups excluding carboxylic acids is 2. The van der Waals surface area contributed by atoms with Crippen LogP contribution < -0.4 is 11.1 Å². The number of imide groups is 1. The third kappa shape index (κ3) is 2.80. The molecule has 1 aliphatic heterocycles. The minimum atomic E-state index is -0.338. The first-order valence-corrected chi connectivity index (χ1v) is 6.90. The quantitative estimate of drug-likeness (QED) is 0.759. The van der Waals surface area contributed by atoms with Crippen LogP contribution in [-0.2, 0) is 4.79 Å². The standard InChI is InChI=1S/C10H16N6O2S/c1-6(2)16-8(11)13-14-10(16)19-5-7(17)15-4-3-12-9(15)18/h6H,3-5H2,1-2H3,(H2,11,13)(H,12,18).